The molecule has 0 saturated heterocycles. The lowest BCUT2D eigenvalue weighted by Crippen LogP contribution is -2.01. The van der Waals surface area contributed by atoms with Gasteiger partial charge in [-0.05, 0) is 24.5 Å². The molecule has 0 fully saturated rings. The van der Waals surface area contributed by atoms with Crippen molar-refractivity contribution in [3.63, 3.8) is 0 Å². The number of thiazole rings is 1. The third kappa shape index (κ3) is 2.68. The van der Waals surface area contributed by atoms with Gasteiger partial charge in [-0.3, -0.25) is 0 Å². The van der Waals surface area contributed by atoms with Crippen molar-refractivity contribution in [1.82, 2.24) is 4.98 Å². The molecular formula is C13H13NO3S. The van der Waals surface area contributed by atoms with Crippen LogP contribution in [0.2, 0.25) is 0 Å². The van der Waals surface area contributed by atoms with Gasteiger partial charge in [0.25, 0.3) is 0 Å². The van der Waals surface area contributed by atoms with E-state index in [4.69, 9.17) is 9.84 Å². The van der Waals surface area contributed by atoms with E-state index < -0.39 is 5.97 Å². The summed E-state index contributed by atoms with van der Waals surface area (Å²) in [7, 11) is 1.63. The van der Waals surface area contributed by atoms with Gasteiger partial charge >= 0.3 is 5.97 Å². The Kier molecular flexibility index (Phi) is 3.94. The van der Waals surface area contributed by atoms with Crippen molar-refractivity contribution < 1.29 is 14.6 Å². The van der Waals surface area contributed by atoms with Gasteiger partial charge < -0.3 is 9.84 Å². The minimum atomic E-state index is -0.910. The van der Waals surface area contributed by atoms with Crippen molar-refractivity contribution in [3.05, 3.63) is 45.9 Å². The molecule has 0 unspecified atom stereocenters. The molecule has 0 atom stereocenters. The van der Waals surface area contributed by atoms with Crippen molar-refractivity contribution in [2.75, 3.05) is 7.11 Å². The van der Waals surface area contributed by atoms with Crippen molar-refractivity contribution in [3.8, 4) is 5.75 Å². The first-order chi connectivity index (χ1) is 8.72. The van der Waals surface area contributed by atoms with E-state index in [0.29, 0.717) is 23.4 Å². The number of carboxylic acids is 1. The van der Waals surface area contributed by atoms with Gasteiger partial charge in [-0.15, -0.1) is 11.3 Å². The van der Waals surface area contributed by atoms with Gasteiger partial charge in [-0.1, -0.05) is 18.2 Å². The highest BCUT2D eigenvalue weighted by molar-refractivity contribution is 7.11. The minimum absolute atomic E-state index is 0.324. The average Bonchev–Trinajstić information content (AvgIpc) is 2.85. The first-order valence-electron chi connectivity index (χ1n) is 5.50. The maximum atomic E-state index is 11.0. The van der Waals surface area contributed by atoms with Gasteiger partial charge in [0.15, 0.2) is 0 Å². The molecule has 0 aliphatic heterocycles. The van der Waals surface area contributed by atoms with Gasteiger partial charge in [0, 0.05) is 0 Å². The molecule has 0 amide bonds. The summed E-state index contributed by atoms with van der Waals surface area (Å²) in [6, 6.07) is 7.73. The zero-order valence-corrected chi connectivity index (χ0v) is 10.7. The predicted octanol–water partition coefficient (Wildman–Crippen LogP) is 2.64. The summed E-state index contributed by atoms with van der Waals surface area (Å²) < 4.78 is 5.26. The van der Waals surface area contributed by atoms with E-state index >= 15 is 0 Å². The molecule has 0 bridgehead atoms. The topological polar surface area (TPSA) is 59.4 Å². The van der Waals surface area contributed by atoms with Crippen LogP contribution >= 0.6 is 11.3 Å². The van der Waals surface area contributed by atoms with Crippen LogP contribution in [0, 0.1) is 0 Å². The maximum absolute atomic E-state index is 11.0. The first kappa shape index (κ1) is 12.6. The molecule has 0 aliphatic carbocycles. The highest BCUT2D eigenvalue weighted by atomic mass is 32.1. The summed E-state index contributed by atoms with van der Waals surface area (Å²) in [4.78, 5) is 15.4. The standard InChI is InChI=1S/C13H13NO3S/c1-17-11-5-3-2-4-9(11)6-7-10-12(13(15)16)18-8-14-10/h2-5,8H,6-7H2,1H3,(H,15,16). The summed E-state index contributed by atoms with van der Waals surface area (Å²) in [5.41, 5.74) is 3.27. The van der Waals surface area contributed by atoms with E-state index in [2.05, 4.69) is 4.98 Å². The number of nitrogens with zero attached hydrogens (tertiary/aromatic N) is 1. The largest absolute Gasteiger partial charge is 0.496 e. The van der Waals surface area contributed by atoms with Gasteiger partial charge in [-0.25, -0.2) is 9.78 Å². The van der Waals surface area contributed by atoms with E-state index in [1.807, 2.05) is 24.3 Å². The molecule has 1 aromatic carbocycles. The summed E-state index contributed by atoms with van der Waals surface area (Å²) in [5.74, 6) is -0.0860. The molecule has 1 aromatic heterocycles. The highest BCUT2D eigenvalue weighted by Crippen LogP contribution is 2.21. The van der Waals surface area contributed by atoms with Gasteiger partial charge in [-0.2, -0.15) is 0 Å². The zero-order chi connectivity index (χ0) is 13.0. The smallest absolute Gasteiger partial charge is 0.347 e. The highest BCUT2D eigenvalue weighted by Gasteiger charge is 2.13. The fourth-order valence-corrected chi connectivity index (χ4v) is 2.46. The molecule has 2 rings (SSSR count). The SMILES string of the molecule is COc1ccccc1CCc1ncsc1C(=O)O. The van der Waals surface area contributed by atoms with E-state index in [1.54, 1.807) is 12.6 Å². The lowest BCUT2D eigenvalue weighted by Gasteiger charge is -2.07. The molecule has 2 aromatic rings. The van der Waals surface area contributed by atoms with E-state index in [9.17, 15) is 4.79 Å². The molecule has 18 heavy (non-hydrogen) atoms. The first-order valence-corrected chi connectivity index (χ1v) is 6.38. The van der Waals surface area contributed by atoms with Crippen LogP contribution in [0.3, 0.4) is 0 Å². The Morgan fingerprint density at radius 3 is 2.89 bits per heavy atom. The number of hydrogen-bond donors (Lipinski definition) is 1. The molecular weight excluding hydrogens is 250 g/mol. The van der Waals surface area contributed by atoms with Gasteiger partial charge in [0.05, 0.1) is 18.3 Å². The van der Waals surface area contributed by atoms with E-state index in [-0.39, 0.29) is 0 Å². The third-order valence-electron chi connectivity index (χ3n) is 2.66. The quantitative estimate of drug-likeness (QED) is 0.901. The maximum Gasteiger partial charge on any atom is 0.347 e. The number of benzene rings is 1. The number of aromatic nitrogens is 1. The average molecular weight is 263 g/mol. The lowest BCUT2D eigenvalue weighted by atomic mass is 10.1. The Morgan fingerprint density at radius 1 is 1.39 bits per heavy atom. The molecule has 0 radical (unpaired) electrons. The number of carboxylic acid groups (broad SMARTS) is 1. The zero-order valence-electron chi connectivity index (χ0n) is 9.92. The molecule has 4 nitrogen and oxygen atoms in total. The normalized spacial score (nSPS) is 10.3. The third-order valence-corrected chi connectivity index (χ3v) is 3.52. The van der Waals surface area contributed by atoms with Crippen molar-refractivity contribution in [1.29, 1.82) is 0 Å². The molecule has 5 heteroatoms. The van der Waals surface area contributed by atoms with Crippen molar-refractivity contribution in [2.45, 2.75) is 12.8 Å². The van der Waals surface area contributed by atoms with Crippen LogP contribution in [-0.2, 0) is 12.8 Å². The Labute approximate surface area is 109 Å². The molecule has 1 heterocycles. The second-order valence-electron chi connectivity index (χ2n) is 3.75. The number of rotatable bonds is 5. The number of carbonyl (C=O) groups is 1. The Morgan fingerprint density at radius 2 is 2.17 bits per heavy atom. The number of para-hydroxylation sites is 1. The van der Waals surface area contributed by atoms with E-state index in [0.717, 1.165) is 22.6 Å². The van der Waals surface area contributed by atoms with Crippen molar-refractivity contribution in [2.24, 2.45) is 0 Å². The number of aryl methyl sites for hydroxylation is 2. The van der Waals surface area contributed by atoms with Crippen molar-refractivity contribution >= 4 is 17.3 Å². The Balaban J connectivity index is 2.11. The summed E-state index contributed by atoms with van der Waals surface area (Å²) in [6.45, 7) is 0. The van der Waals surface area contributed by atoms with Gasteiger partial charge in [0.1, 0.15) is 10.6 Å². The second-order valence-corrected chi connectivity index (χ2v) is 4.60. The second kappa shape index (κ2) is 5.64. The van der Waals surface area contributed by atoms with Crippen LogP contribution in [0.5, 0.6) is 5.75 Å². The van der Waals surface area contributed by atoms with Crippen LogP contribution < -0.4 is 4.74 Å². The lowest BCUT2D eigenvalue weighted by molar-refractivity contribution is 0.0700. The summed E-state index contributed by atoms with van der Waals surface area (Å²) >= 11 is 1.16. The Hall–Kier alpha value is -1.88. The number of methoxy groups -OCH3 is 1. The summed E-state index contributed by atoms with van der Waals surface area (Å²) in [6.07, 6.45) is 1.32. The van der Waals surface area contributed by atoms with Gasteiger partial charge in [0.2, 0.25) is 0 Å². The van der Waals surface area contributed by atoms with Crippen LogP contribution in [0.15, 0.2) is 29.8 Å². The number of ether oxygens (including phenoxy) is 1. The van der Waals surface area contributed by atoms with Crippen LogP contribution in [0.4, 0.5) is 0 Å². The van der Waals surface area contributed by atoms with Crippen LogP contribution in [-0.4, -0.2) is 23.2 Å². The van der Waals surface area contributed by atoms with Crippen LogP contribution in [0.25, 0.3) is 0 Å². The predicted molar refractivity (Wildman–Crippen MR) is 69.5 cm³/mol. The molecule has 0 spiro atoms. The molecule has 0 aliphatic rings. The fourth-order valence-electron chi connectivity index (χ4n) is 1.78. The monoisotopic (exact) mass is 263 g/mol. The van der Waals surface area contributed by atoms with E-state index in [1.165, 1.54) is 0 Å². The Bertz CT molecular complexity index is 551. The molecule has 0 saturated carbocycles. The molecule has 94 valence electrons. The number of aromatic carboxylic acids is 1. The van der Waals surface area contributed by atoms with Crippen LogP contribution in [0.1, 0.15) is 20.9 Å². The molecule has 1 N–H and O–H groups in total. The fraction of sp³-hybridized carbons (Fsp3) is 0.231. The number of hydrogen-bond acceptors (Lipinski definition) is 4. The summed E-state index contributed by atoms with van der Waals surface area (Å²) in [5, 5.41) is 9.00. The minimum Gasteiger partial charge on any atom is -0.496 e.